The number of unbranched alkanes of at least 4 members (excludes halogenated alkanes) is 1. The molecule has 80 valence electrons. The molecular weight excluding hydrogens is 160 g/mol. The molecule has 1 N–H and O–H groups in total. The molecule has 0 radical (unpaired) electrons. The van der Waals surface area contributed by atoms with Crippen LogP contribution in [0.15, 0.2) is 0 Å². The molecule has 0 heterocycles. The van der Waals surface area contributed by atoms with Crippen molar-refractivity contribution in [2.45, 2.75) is 65.9 Å². The van der Waals surface area contributed by atoms with E-state index in [9.17, 15) is 5.11 Å². The molecule has 0 spiro atoms. The second-order valence-corrected chi connectivity index (χ2v) is 5.23. The SMILES string of the molecule is CC(C)CCCCC(C)C(C)(C)O. The fourth-order valence-corrected chi connectivity index (χ4v) is 1.36. The first-order valence-corrected chi connectivity index (χ1v) is 5.56. The molecular formula is C12H26O. The quantitative estimate of drug-likeness (QED) is 0.628. The van der Waals surface area contributed by atoms with Crippen LogP contribution in [0.1, 0.15) is 60.3 Å². The predicted octanol–water partition coefficient (Wildman–Crippen LogP) is 3.61. The highest BCUT2D eigenvalue weighted by Gasteiger charge is 2.21. The van der Waals surface area contributed by atoms with Gasteiger partial charge in [-0.15, -0.1) is 0 Å². The van der Waals surface area contributed by atoms with Gasteiger partial charge in [-0.2, -0.15) is 0 Å². The third kappa shape index (κ3) is 7.06. The van der Waals surface area contributed by atoms with Crippen LogP contribution in [0.25, 0.3) is 0 Å². The molecule has 1 unspecified atom stereocenters. The Kier molecular flexibility index (Phi) is 5.62. The lowest BCUT2D eigenvalue weighted by Crippen LogP contribution is -2.28. The number of rotatable bonds is 6. The van der Waals surface area contributed by atoms with Crippen molar-refractivity contribution in [3.63, 3.8) is 0 Å². The number of hydrogen-bond acceptors (Lipinski definition) is 1. The highest BCUT2D eigenvalue weighted by Crippen LogP contribution is 2.22. The van der Waals surface area contributed by atoms with E-state index in [1.165, 1.54) is 19.3 Å². The normalized spacial score (nSPS) is 15.0. The van der Waals surface area contributed by atoms with Crippen LogP contribution in [0, 0.1) is 11.8 Å². The highest BCUT2D eigenvalue weighted by molar-refractivity contribution is 4.73. The molecule has 1 atom stereocenters. The molecule has 0 aromatic rings. The third-order valence-corrected chi connectivity index (χ3v) is 2.87. The van der Waals surface area contributed by atoms with Crippen molar-refractivity contribution >= 4 is 0 Å². The lowest BCUT2D eigenvalue weighted by Gasteiger charge is -2.25. The summed E-state index contributed by atoms with van der Waals surface area (Å²) >= 11 is 0. The van der Waals surface area contributed by atoms with Crippen molar-refractivity contribution in [2.24, 2.45) is 11.8 Å². The van der Waals surface area contributed by atoms with Gasteiger partial charge in [0.2, 0.25) is 0 Å². The average molecular weight is 186 g/mol. The molecule has 0 aromatic heterocycles. The minimum atomic E-state index is -0.502. The third-order valence-electron chi connectivity index (χ3n) is 2.87. The zero-order valence-corrected chi connectivity index (χ0v) is 9.93. The maximum absolute atomic E-state index is 9.69. The van der Waals surface area contributed by atoms with Crippen molar-refractivity contribution in [2.75, 3.05) is 0 Å². The Labute approximate surface area is 83.5 Å². The summed E-state index contributed by atoms with van der Waals surface area (Å²) in [5.41, 5.74) is -0.502. The minimum absolute atomic E-state index is 0.416. The van der Waals surface area contributed by atoms with E-state index in [0.29, 0.717) is 5.92 Å². The molecule has 0 rings (SSSR count). The molecule has 1 heteroatoms. The monoisotopic (exact) mass is 186 g/mol. The summed E-state index contributed by atoms with van der Waals surface area (Å²) in [7, 11) is 0. The lowest BCUT2D eigenvalue weighted by molar-refractivity contribution is 0.0203. The van der Waals surface area contributed by atoms with Gasteiger partial charge in [0.25, 0.3) is 0 Å². The first kappa shape index (κ1) is 13.0. The van der Waals surface area contributed by atoms with Crippen LogP contribution in [0.2, 0.25) is 0 Å². The van der Waals surface area contributed by atoms with Gasteiger partial charge in [0.1, 0.15) is 0 Å². The van der Waals surface area contributed by atoms with Gasteiger partial charge in [-0.1, -0.05) is 40.0 Å². The van der Waals surface area contributed by atoms with Crippen molar-refractivity contribution in [1.29, 1.82) is 0 Å². The largest absolute Gasteiger partial charge is 0.390 e. The first-order chi connectivity index (χ1) is 5.84. The lowest BCUT2D eigenvalue weighted by atomic mass is 9.88. The fourth-order valence-electron chi connectivity index (χ4n) is 1.36. The van der Waals surface area contributed by atoms with Crippen LogP contribution in [0.3, 0.4) is 0 Å². The van der Waals surface area contributed by atoms with E-state index in [0.717, 1.165) is 12.3 Å². The van der Waals surface area contributed by atoms with Gasteiger partial charge in [0.15, 0.2) is 0 Å². The molecule has 0 fully saturated rings. The molecule has 0 saturated heterocycles. The maximum Gasteiger partial charge on any atom is 0.0617 e. The summed E-state index contributed by atoms with van der Waals surface area (Å²) in [5.74, 6) is 1.23. The minimum Gasteiger partial charge on any atom is -0.390 e. The van der Waals surface area contributed by atoms with Gasteiger partial charge in [-0.05, 0) is 32.1 Å². The predicted molar refractivity (Wildman–Crippen MR) is 58.8 cm³/mol. The van der Waals surface area contributed by atoms with Gasteiger partial charge in [0.05, 0.1) is 5.60 Å². The average Bonchev–Trinajstić information content (AvgIpc) is 1.95. The molecule has 0 aromatic carbocycles. The van der Waals surface area contributed by atoms with Crippen LogP contribution >= 0.6 is 0 Å². The Hall–Kier alpha value is -0.0400. The van der Waals surface area contributed by atoms with E-state index >= 15 is 0 Å². The molecule has 1 nitrogen and oxygen atoms in total. The molecule has 0 aliphatic heterocycles. The Morgan fingerprint density at radius 1 is 1.00 bits per heavy atom. The molecule has 0 amide bonds. The highest BCUT2D eigenvalue weighted by atomic mass is 16.3. The Morgan fingerprint density at radius 3 is 1.85 bits per heavy atom. The van der Waals surface area contributed by atoms with E-state index in [-0.39, 0.29) is 0 Å². The van der Waals surface area contributed by atoms with Crippen LogP contribution in [0.5, 0.6) is 0 Å². The smallest absolute Gasteiger partial charge is 0.0617 e. The van der Waals surface area contributed by atoms with Gasteiger partial charge in [0, 0.05) is 0 Å². The van der Waals surface area contributed by atoms with Crippen LogP contribution in [-0.2, 0) is 0 Å². The van der Waals surface area contributed by atoms with Crippen molar-refractivity contribution in [1.82, 2.24) is 0 Å². The summed E-state index contributed by atoms with van der Waals surface area (Å²) in [6.45, 7) is 10.5. The van der Waals surface area contributed by atoms with Crippen LogP contribution < -0.4 is 0 Å². The summed E-state index contributed by atoms with van der Waals surface area (Å²) in [5, 5.41) is 9.69. The summed E-state index contributed by atoms with van der Waals surface area (Å²) in [6.07, 6.45) is 5.02. The van der Waals surface area contributed by atoms with Crippen LogP contribution in [0.4, 0.5) is 0 Å². The fraction of sp³-hybridized carbons (Fsp3) is 1.00. The second kappa shape index (κ2) is 5.64. The van der Waals surface area contributed by atoms with E-state index in [1.807, 2.05) is 13.8 Å². The van der Waals surface area contributed by atoms with E-state index in [1.54, 1.807) is 0 Å². The molecule has 0 aliphatic rings. The van der Waals surface area contributed by atoms with Crippen molar-refractivity contribution in [3.8, 4) is 0 Å². The zero-order chi connectivity index (χ0) is 10.5. The van der Waals surface area contributed by atoms with Gasteiger partial charge in [-0.3, -0.25) is 0 Å². The number of hydrogen-bond donors (Lipinski definition) is 1. The van der Waals surface area contributed by atoms with E-state index in [4.69, 9.17) is 0 Å². The Bertz CT molecular complexity index is 122. The summed E-state index contributed by atoms with van der Waals surface area (Å²) in [6, 6.07) is 0. The van der Waals surface area contributed by atoms with Crippen molar-refractivity contribution < 1.29 is 5.11 Å². The van der Waals surface area contributed by atoms with Gasteiger partial charge in [-0.25, -0.2) is 0 Å². The van der Waals surface area contributed by atoms with E-state index < -0.39 is 5.60 Å². The van der Waals surface area contributed by atoms with E-state index in [2.05, 4.69) is 20.8 Å². The molecule has 0 bridgehead atoms. The van der Waals surface area contributed by atoms with Gasteiger partial charge < -0.3 is 5.11 Å². The molecule has 0 aliphatic carbocycles. The van der Waals surface area contributed by atoms with Crippen molar-refractivity contribution in [3.05, 3.63) is 0 Å². The standard InChI is InChI=1S/C12H26O/c1-10(2)8-6-7-9-11(3)12(4,5)13/h10-11,13H,6-9H2,1-5H3. The van der Waals surface area contributed by atoms with Crippen LogP contribution in [-0.4, -0.2) is 10.7 Å². The summed E-state index contributed by atoms with van der Waals surface area (Å²) in [4.78, 5) is 0. The topological polar surface area (TPSA) is 20.2 Å². The Balaban J connectivity index is 3.43. The summed E-state index contributed by atoms with van der Waals surface area (Å²) < 4.78 is 0. The first-order valence-electron chi connectivity index (χ1n) is 5.56. The molecule has 0 saturated carbocycles. The van der Waals surface area contributed by atoms with Gasteiger partial charge >= 0.3 is 0 Å². The zero-order valence-electron chi connectivity index (χ0n) is 9.93. The number of aliphatic hydroxyl groups is 1. The molecule has 13 heavy (non-hydrogen) atoms. The second-order valence-electron chi connectivity index (χ2n) is 5.23. The maximum atomic E-state index is 9.69. The Morgan fingerprint density at radius 2 is 1.46 bits per heavy atom.